The summed E-state index contributed by atoms with van der Waals surface area (Å²) in [5.74, 6) is -0.235. The number of likely N-dealkylation sites (tertiary alicyclic amines) is 1. The predicted octanol–water partition coefficient (Wildman–Crippen LogP) is 1.12. The molecule has 1 amide bonds. The van der Waals surface area contributed by atoms with E-state index in [1.54, 1.807) is 13.0 Å². The van der Waals surface area contributed by atoms with Gasteiger partial charge in [0.05, 0.1) is 4.90 Å². The SMILES string of the molecule is CNS(=O)(=O)c1ccc(C)c(C(=O)NC[C@H](C)N2CCCC2)c1. The molecule has 0 bridgehead atoms. The summed E-state index contributed by atoms with van der Waals surface area (Å²) in [6, 6.07) is 4.87. The van der Waals surface area contributed by atoms with Crippen LogP contribution in [0.25, 0.3) is 0 Å². The quantitative estimate of drug-likeness (QED) is 0.814. The minimum Gasteiger partial charge on any atom is -0.350 e. The molecule has 0 aliphatic carbocycles. The summed E-state index contributed by atoms with van der Waals surface area (Å²) in [4.78, 5) is 14.9. The fourth-order valence-corrected chi connectivity index (χ4v) is 3.53. The third-order valence-corrected chi connectivity index (χ3v) is 5.77. The zero-order chi connectivity index (χ0) is 17.0. The van der Waals surface area contributed by atoms with Gasteiger partial charge in [-0.3, -0.25) is 9.69 Å². The van der Waals surface area contributed by atoms with Crippen molar-refractivity contribution in [2.75, 3.05) is 26.7 Å². The van der Waals surface area contributed by atoms with Crippen molar-refractivity contribution in [3.8, 4) is 0 Å². The van der Waals surface area contributed by atoms with Gasteiger partial charge in [0.1, 0.15) is 0 Å². The molecule has 0 radical (unpaired) electrons. The molecule has 0 unspecified atom stereocenters. The maximum atomic E-state index is 12.4. The molecule has 23 heavy (non-hydrogen) atoms. The molecule has 0 saturated carbocycles. The molecule has 0 aromatic heterocycles. The highest BCUT2D eigenvalue weighted by Crippen LogP contribution is 2.16. The summed E-state index contributed by atoms with van der Waals surface area (Å²) in [6.07, 6.45) is 2.42. The molecule has 1 aliphatic rings. The second-order valence-corrected chi connectivity index (χ2v) is 7.87. The maximum absolute atomic E-state index is 12.4. The van der Waals surface area contributed by atoms with Gasteiger partial charge in [-0.15, -0.1) is 0 Å². The topological polar surface area (TPSA) is 78.5 Å². The highest BCUT2D eigenvalue weighted by molar-refractivity contribution is 7.89. The summed E-state index contributed by atoms with van der Waals surface area (Å²) >= 11 is 0. The van der Waals surface area contributed by atoms with E-state index in [2.05, 4.69) is 21.9 Å². The van der Waals surface area contributed by atoms with Gasteiger partial charge in [-0.25, -0.2) is 13.1 Å². The summed E-state index contributed by atoms with van der Waals surface area (Å²) in [6.45, 7) is 6.61. The first-order chi connectivity index (χ1) is 10.8. The molecule has 1 aromatic rings. The van der Waals surface area contributed by atoms with Crippen molar-refractivity contribution in [2.24, 2.45) is 0 Å². The normalized spacial score (nSPS) is 17.2. The largest absolute Gasteiger partial charge is 0.350 e. The minimum absolute atomic E-state index is 0.100. The standard InChI is InChI=1S/C16H25N3O3S/c1-12-6-7-14(23(21,22)17-3)10-15(12)16(20)18-11-13(2)19-8-4-5-9-19/h6-7,10,13,17H,4-5,8-9,11H2,1-3H3,(H,18,20)/t13-/m0/s1. The van der Waals surface area contributed by atoms with Crippen molar-refractivity contribution >= 4 is 15.9 Å². The lowest BCUT2D eigenvalue weighted by molar-refractivity contribution is 0.0939. The maximum Gasteiger partial charge on any atom is 0.251 e. The van der Waals surface area contributed by atoms with Crippen molar-refractivity contribution in [3.05, 3.63) is 29.3 Å². The molecule has 128 valence electrons. The van der Waals surface area contributed by atoms with E-state index in [1.807, 2.05) is 0 Å². The summed E-state index contributed by atoms with van der Waals surface area (Å²) in [5.41, 5.74) is 1.15. The van der Waals surface area contributed by atoms with E-state index in [0.717, 1.165) is 18.7 Å². The molecule has 1 aliphatic heterocycles. The van der Waals surface area contributed by atoms with Gasteiger partial charge in [-0.05, 0) is 64.5 Å². The van der Waals surface area contributed by atoms with E-state index in [1.165, 1.54) is 32.0 Å². The third kappa shape index (κ3) is 4.31. The van der Waals surface area contributed by atoms with Gasteiger partial charge in [0, 0.05) is 18.2 Å². The second kappa shape index (κ2) is 7.42. The molecule has 1 fully saturated rings. The van der Waals surface area contributed by atoms with Crippen LogP contribution in [0.3, 0.4) is 0 Å². The number of aryl methyl sites for hydroxylation is 1. The zero-order valence-corrected chi connectivity index (χ0v) is 14.7. The third-order valence-electron chi connectivity index (χ3n) is 4.35. The number of nitrogens with zero attached hydrogens (tertiary/aromatic N) is 1. The number of carbonyl (C=O) groups is 1. The van der Waals surface area contributed by atoms with E-state index >= 15 is 0 Å². The van der Waals surface area contributed by atoms with E-state index in [-0.39, 0.29) is 16.8 Å². The van der Waals surface area contributed by atoms with Crippen LogP contribution in [0.1, 0.15) is 35.7 Å². The predicted molar refractivity (Wildman–Crippen MR) is 90.0 cm³/mol. The van der Waals surface area contributed by atoms with Crippen LogP contribution < -0.4 is 10.0 Å². The summed E-state index contributed by atoms with van der Waals surface area (Å²) in [5, 5.41) is 2.92. The average Bonchev–Trinajstić information content (AvgIpc) is 3.07. The van der Waals surface area contributed by atoms with Gasteiger partial charge < -0.3 is 5.32 Å². The highest BCUT2D eigenvalue weighted by atomic mass is 32.2. The molecule has 0 spiro atoms. The number of nitrogens with one attached hydrogen (secondary N) is 2. The van der Waals surface area contributed by atoms with Gasteiger partial charge in [-0.1, -0.05) is 6.07 Å². The van der Waals surface area contributed by atoms with Crippen LogP contribution in [0.15, 0.2) is 23.1 Å². The van der Waals surface area contributed by atoms with Crippen LogP contribution in [0.4, 0.5) is 0 Å². The first-order valence-electron chi connectivity index (χ1n) is 7.91. The molecule has 7 heteroatoms. The number of hydrogen-bond acceptors (Lipinski definition) is 4. The van der Waals surface area contributed by atoms with Crippen LogP contribution >= 0.6 is 0 Å². The van der Waals surface area contributed by atoms with E-state index in [4.69, 9.17) is 0 Å². The number of carbonyl (C=O) groups excluding carboxylic acids is 1. The smallest absolute Gasteiger partial charge is 0.251 e. The number of hydrogen-bond donors (Lipinski definition) is 2. The van der Waals surface area contributed by atoms with Crippen molar-refractivity contribution in [2.45, 2.75) is 37.6 Å². The molecule has 1 saturated heterocycles. The Bertz CT molecular complexity index is 667. The van der Waals surface area contributed by atoms with Crippen LogP contribution in [0.2, 0.25) is 0 Å². The molecular weight excluding hydrogens is 314 g/mol. The van der Waals surface area contributed by atoms with Gasteiger partial charge in [0.2, 0.25) is 10.0 Å². The van der Waals surface area contributed by atoms with E-state index < -0.39 is 10.0 Å². The molecule has 2 rings (SSSR count). The van der Waals surface area contributed by atoms with Gasteiger partial charge in [-0.2, -0.15) is 0 Å². The lowest BCUT2D eigenvalue weighted by Gasteiger charge is -2.24. The number of amides is 1. The first kappa shape index (κ1) is 17.9. The molecule has 1 atom stereocenters. The first-order valence-corrected chi connectivity index (χ1v) is 9.40. The monoisotopic (exact) mass is 339 g/mol. The van der Waals surface area contributed by atoms with Crippen molar-refractivity contribution in [1.29, 1.82) is 0 Å². The zero-order valence-electron chi connectivity index (χ0n) is 13.9. The van der Waals surface area contributed by atoms with E-state index in [0.29, 0.717) is 12.1 Å². The molecule has 1 aromatic carbocycles. The average molecular weight is 339 g/mol. The fraction of sp³-hybridized carbons (Fsp3) is 0.562. The Kier molecular flexibility index (Phi) is 5.78. The molecule has 6 nitrogen and oxygen atoms in total. The number of rotatable bonds is 6. The summed E-state index contributed by atoms with van der Waals surface area (Å²) in [7, 11) is -2.20. The molecule has 2 N–H and O–H groups in total. The Morgan fingerprint density at radius 2 is 1.96 bits per heavy atom. The van der Waals surface area contributed by atoms with Crippen molar-refractivity contribution in [1.82, 2.24) is 14.9 Å². The van der Waals surface area contributed by atoms with Gasteiger partial charge in [0.15, 0.2) is 0 Å². The summed E-state index contributed by atoms with van der Waals surface area (Å²) < 4.78 is 26.0. The van der Waals surface area contributed by atoms with Gasteiger partial charge in [0.25, 0.3) is 5.91 Å². The Labute approximate surface area is 138 Å². The molecule has 1 heterocycles. The van der Waals surface area contributed by atoms with Crippen molar-refractivity contribution in [3.63, 3.8) is 0 Å². The van der Waals surface area contributed by atoms with Crippen LogP contribution in [0.5, 0.6) is 0 Å². The Balaban J connectivity index is 2.08. The Hall–Kier alpha value is -1.44. The lowest BCUT2D eigenvalue weighted by Crippen LogP contribution is -2.40. The van der Waals surface area contributed by atoms with E-state index in [9.17, 15) is 13.2 Å². The fourth-order valence-electron chi connectivity index (χ4n) is 2.78. The Morgan fingerprint density at radius 3 is 2.57 bits per heavy atom. The van der Waals surface area contributed by atoms with Crippen LogP contribution in [-0.2, 0) is 10.0 Å². The highest BCUT2D eigenvalue weighted by Gasteiger charge is 2.20. The second-order valence-electron chi connectivity index (χ2n) is 5.99. The molecular formula is C16H25N3O3S. The number of benzene rings is 1. The van der Waals surface area contributed by atoms with Crippen molar-refractivity contribution < 1.29 is 13.2 Å². The van der Waals surface area contributed by atoms with Crippen LogP contribution in [-0.4, -0.2) is 51.9 Å². The van der Waals surface area contributed by atoms with Crippen LogP contribution in [0, 0.1) is 6.92 Å². The lowest BCUT2D eigenvalue weighted by atomic mass is 10.1. The minimum atomic E-state index is -3.55. The Morgan fingerprint density at radius 1 is 1.30 bits per heavy atom. The number of sulfonamides is 1. The van der Waals surface area contributed by atoms with Gasteiger partial charge >= 0.3 is 0 Å².